The maximum Gasteiger partial charge on any atom is 0.207 e. The van der Waals surface area contributed by atoms with E-state index in [2.05, 4.69) is 15.0 Å². The van der Waals surface area contributed by atoms with Crippen LogP contribution in [0.15, 0.2) is 4.99 Å². The summed E-state index contributed by atoms with van der Waals surface area (Å²) < 4.78 is 0. The maximum atomic E-state index is 6.04. The molecule has 3 heterocycles. The van der Waals surface area contributed by atoms with E-state index in [0.717, 1.165) is 0 Å². The SMILES string of the molecule is Cl[C]1N=C(Cl)c2c(Cl)nc(Cl)c3c(Cl)nc(Cl)c1c23. The van der Waals surface area contributed by atoms with Crippen molar-refractivity contribution in [2.75, 3.05) is 0 Å². The molecule has 3 nitrogen and oxygen atoms in total. The second kappa shape index (κ2) is 4.76. The highest BCUT2D eigenvalue weighted by Gasteiger charge is 2.31. The lowest BCUT2D eigenvalue weighted by molar-refractivity contribution is 1.21. The van der Waals surface area contributed by atoms with Gasteiger partial charge in [-0.2, -0.15) is 0 Å². The number of aliphatic imine (C=N–C) groups is 1. The van der Waals surface area contributed by atoms with Gasteiger partial charge in [0.1, 0.15) is 25.8 Å². The van der Waals surface area contributed by atoms with Gasteiger partial charge < -0.3 is 0 Å². The molecule has 0 aromatic carbocycles. The Morgan fingerprint density at radius 2 is 1.11 bits per heavy atom. The molecule has 0 saturated heterocycles. The second-order valence-electron chi connectivity index (χ2n) is 3.58. The largest absolute Gasteiger partial charge is 0.240 e. The first kappa shape index (κ1) is 13.9. The quantitative estimate of drug-likeness (QED) is 0.462. The summed E-state index contributed by atoms with van der Waals surface area (Å²) in [5, 5.41) is 1.35. The monoisotopic (exact) mass is 372 g/mol. The van der Waals surface area contributed by atoms with Gasteiger partial charge in [0.2, 0.25) is 5.50 Å². The number of aromatic nitrogens is 2. The molecular formula is C10Cl6N3. The van der Waals surface area contributed by atoms with Gasteiger partial charge >= 0.3 is 0 Å². The van der Waals surface area contributed by atoms with Crippen LogP contribution in [0.2, 0.25) is 20.6 Å². The Morgan fingerprint density at radius 3 is 1.68 bits per heavy atom. The van der Waals surface area contributed by atoms with Gasteiger partial charge in [-0.3, -0.25) is 0 Å². The molecule has 0 spiro atoms. The topological polar surface area (TPSA) is 38.1 Å². The third kappa shape index (κ3) is 1.99. The van der Waals surface area contributed by atoms with Crippen LogP contribution in [0.25, 0.3) is 10.8 Å². The second-order valence-corrected chi connectivity index (χ2v) is 5.73. The molecule has 0 saturated carbocycles. The van der Waals surface area contributed by atoms with E-state index < -0.39 is 0 Å². The summed E-state index contributed by atoms with van der Waals surface area (Å²) in [6.07, 6.45) is 0. The van der Waals surface area contributed by atoms with Gasteiger partial charge in [-0.25, -0.2) is 15.0 Å². The molecule has 1 aliphatic heterocycles. The molecule has 9 heteroatoms. The number of hydrogen-bond acceptors (Lipinski definition) is 3. The lowest BCUT2D eigenvalue weighted by atomic mass is 10.0. The van der Waals surface area contributed by atoms with Crippen LogP contribution in [-0.4, -0.2) is 15.1 Å². The van der Waals surface area contributed by atoms with E-state index in [-0.39, 0.29) is 31.3 Å². The number of rotatable bonds is 0. The lowest BCUT2D eigenvalue weighted by Crippen LogP contribution is -2.10. The van der Waals surface area contributed by atoms with Crippen LogP contribution in [0.1, 0.15) is 11.1 Å². The lowest BCUT2D eigenvalue weighted by Gasteiger charge is -2.19. The minimum Gasteiger partial charge on any atom is -0.240 e. The van der Waals surface area contributed by atoms with Crippen LogP contribution in [0, 0.1) is 5.50 Å². The number of nitrogens with zero attached hydrogens (tertiary/aromatic N) is 3. The Morgan fingerprint density at radius 1 is 0.579 bits per heavy atom. The zero-order valence-electron chi connectivity index (χ0n) is 8.61. The highest BCUT2D eigenvalue weighted by atomic mass is 35.5. The molecular weight excluding hydrogens is 375 g/mol. The maximum absolute atomic E-state index is 6.04. The molecule has 97 valence electrons. The van der Waals surface area contributed by atoms with E-state index in [0.29, 0.717) is 21.9 Å². The van der Waals surface area contributed by atoms with E-state index in [1.165, 1.54) is 0 Å². The number of halogens is 6. The Balaban J connectivity index is 2.65. The fourth-order valence-corrected chi connectivity index (χ4v) is 3.73. The molecule has 0 N–H and O–H groups in total. The molecule has 0 bridgehead atoms. The van der Waals surface area contributed by atoms with E-state index in [9.17, 15) is 0 Å². The summed E-state index contributed by atoms with van der Waals surface area (Å²) in [5.41, 5.74) is 0.858. The summed E-state index contributed by atoms with van der Waals surface area (Å²) in [6, 6.07) is 0. The van der Waals surface area contributed by atoms with Crippen molar-refractivity contribution < 1.29 is 0 Å². The normalized spacial score (nSPS) is 14.9. The van der Waals surface area contributed by atoms with Gasteiger partial charge in [-0.15, -0.1) is 0 Å². The van der Waals surface area contributed by atoms with Gasteiger partial charge in [0.25, 0.3) is 0 Å². The first-order valence-electron chi connectivity index (χ1n) is 4.73. The molecule has 19 heavy (non-hydrogen) atoms. The smallest absolute Gasteiger partial charge is 0.207 e. The summed E-state index contributed by atoms with van der Waals surface area (Å²) in [7, 11) is 0. The van der Waals surface area contributed by atoms with Crippen LogP contribution < -0.4 is 0 Å². The minimum atomic E-state index is 0.0926. The van der Waals surface area contributed by atoms with Crippen molar-refractivity contribution in [1.82, 2.24) is 9.97 Å². The first-order chi connectivity index (χ1) is 8.91. The number of hydrogen-bond donors (Lipinski definition) is 0. The summed E-state index contributed by atoms with van der Waals surface area (Å²) in [6.45, 7) is 0. The molecule has 3 rings (SSSR count). The zero-order valence-corrected chi connectivity index (χ0v) is 13.1. The van der Waals surface area contributed by atoms with Gasteiger partial charge in [0.05, 0.1) is 10.9 Å². The average molecular weight is 375 g/mol. The van der Waals surface area contributed by atoms with Gasteiger partial charge in [-0.1, -0.05) is 69.6 Å². The highest BCUT2D eigenvalue weighted by molar-refractivity contribution is 6.72. The third-order valence-electron chi connectivity index (χ3n) is 2.58. The van der Waals surface area contributed by atoms with E-state index >= 15 is 0 Å². The Hall–Kier alpha value is -0.0300. The van der Waals surface area contributed by atoms with Crippen LogP contribution in [-0.2, 0) is 0 Å². The molecule has 0 atom stereocenters. The van der Waals surface area contributed by atoms with Crippen molar-refractivity contribution in [2.45, 2.75) is 0 Å². The molecule has 1 radical (unpaired) electrons. The highest BCUT2D eigenvalue weighted by Crippen LogP contribution is 2.45. The molecule has 2 aromatic rings. The van der Waals surface area contributed by atoms with E-state index in [1.54, 1.807) is 0 Å². The first-order valence-corrected chi connectivity index (χ1v) is 6.99. The van der Waals surface area contributed by atoms with Crippen molar-refractivity contribution in [3.63, 3.8) is 0 Å². The molecule has 1 aliphatic rings. The van der Waals surface area contributed by atoms with Crippen LogP contribution >= 0.6 is 69.6 Å². The molecule has 2 aromatic heterocycles. The third-order valence-corrected chi connectivity index (χ3v) is 4.22. The van der Waals surface area contributed by atoms with Crippen molar-refractivity contribution >= 4 is 85.5 Å². The standard InChI is InChI=1S/C10Cl6N3/c11-5-2-1-3(7(13)17-5)9(15)19-10(16)4(1)8(14)18-6(2)12. The van der Waals surface area contributed by atoms with Crippen molar-refractivity contribution in [2.24, 2.45) is 4.99 Å². The zero-order chi connectivity index (χ0) is 13.9. The Labute approximate surface area is 137 Å². The minimum absolute atomic E-state index is 0.0926. The molecule has 0 unspecified atom stereocenters. The fraction of sp³-hybridized carbons (Fsp3) is 0. The van der Waals surface area contributed by atoms with E-state index in [4.69, 9.17) is 69.6 Å². The predicted molar refractivity (Wildman–Crippen MR) is 80.2 cm³/mol. The van der Waals surface area contributed by atoms with Crippen LogP contribution in [0.5, 0.6) is 0 Å². The summed E-state index contributed by atoms with van der Waals surface area (Å²) >= 11 is 36.3. The fourth-order valence-electron chi connectivity index (χ4n) is 1.84. The summed E-state index contributed by atoms with van der Waals surface area (Å²) in [4.78, 5) is 11.9. The summed E-state index contributed by atoms with van der Waals surface area (Å²) in [5.74, 6) is 0. The molecule has 0 fully saturated rings. The molecule has 0 aliphatic carbocycles. The van der Waals surface area contributed by atoms with Crippen molar-refractivity contribution in [1.29, 1.82) is 0 Å². The average Bonchev–Trinajstić information content (AvgIpc) is 2.25. The van der Waals surface area contributed by atoms with Crippen molar-refractivity contribution in [3.05, 3.63) is 37.2 Å². The van der Waals surface area contributed by atoms with Gasteiger partial charge in [0, 0.05) is 10.9 Å². The van der Waals surface area contributed by atoms with Crippen LogP contribution in [0.3, 0.4) is 0 Å². The van der Waals surface area contributed by atoms with Gasteiger partial charge in [0.15, 0.2) is 0 Å². The van der Waals surface area contributed by atoms with Gasteiger partial charge in [-0.05, 0) is 0 Å². The van der Waals surface area contributed by atoms with E-state index in [1.807, 2.05) is 0 Å². The van der Waals surface area contributed by atoms with Crippen molar-refractivity contribution in [3.8, 4) is 0 Å². The predicted octanol–water partition coefficient (Wildman–Crippen LogP) is 5.32. The molecule has 0 amide bonds. The Kier molecular flexibility index (Phi) is 3.49. The van der Waals surface area contributed by atoms with Crippen LogP contribution in [0.4, 0.5) is 0 Å². The Bertz CT molecular complexity index is 749. The number of pyridine rings is 2.